The Labute approximate surface area is 182 Å². The first-order chi connectivity index (χ1) is 14.4. The van der Waals surface area contributed by atoms with Crippen LogP contribution in [0.15, 0.2) is 44.8 Å². The largest absolute Gasteiger partial charge is 0.507 e. The van der Waals surface area contributed by atoms with Crippen molar-refractivity contribution in [3.8, 4) is 22.9 Å². The minimum atomic E-state index is -3.76. The summed E-state index contributed by atoms with van der Waals surface area (Å²) in [5.41, 5.74) is -3.76. The third-order valence-electron chi connectivity index (χ3n) is 3.84. The topological polar surface area (TPSA) is 131 Å². The van der Waals surface area contributed by atoms with Crippen molar-refractivity contribution >= 4 is 33.0 Å². The first-order valence-corrected chi connectivity index (χ1v) is 10.7. The Balaban J connectivity index is 2.06. The van der Waals surface area contributed by atoms with Crippen molar-refractivity contribution in [2.24, 2.45) is 0 Å². The molecule has 0 radical (unpaired) electrons. The number of aromatic hydroxyl groups is 1. The van der Waals surface area contributed by atoms with Gasteiger partial charge < -0.3 is 9.84 Å². The van der Waals surface area contributed by atoms with Gasteiger partial charge in [-0.1, -0.05) is 23.2 Å². The van der Waals surface area contributed by atoms with Gasteiger partial charge in [0.15, 0.2) is 21.3 Å². The number of benzene rings is 2. The minimum Gasteiger partial charge on any atom is -0.507 e. The summed E-state index contributed by atoms with van der Waals surface area (Å²) in [6.45, 7) is 0. The van der Waals surface area contributed by atoms with Gasteiger partial charge in [-0.25, -0.2) is 22.0 Å². The lowest BCUT2D eigenvalue weighted by Crippen LogP contribution is -2.34. The number of aromatic nitrogens is 3. The molecule has 3 aromatic rings. The molecule has 1 aromatic heterocycles. The van der Waals surface area contributed by atoms with E-state index in [0.717, 1.165) is 30.5 Å². The normalized spacial score (nSPS) is 11.7. The monoisotopic (exact) mass is 493 g/mol. The smallest absolute Gasteiger partial charge is 0.349 e. The van der Waals surface area contributed by atoms with Gasteiger partial charge in [-0.05, 0) is 24.3 Å². The molecule has 0 spiro atoms. The van der Waals surface area contributed by atoms with Crippen LogP contribution in [0.3, 0.4) is 0 Å². The lowest BCUT2D eigenvalue weighted by Gasteiger charge is -2.13. The Kier molecular flexibility index (Phi) is 6.07. The second-order valence-corrected chi connectivity index (χ2v) is 8.90. The zero-order valence-electron chi connectivity index (χ0n) is 15.3. The molecule has 9 nitrogen and oxygen atoms in total. The second-order valence-electron chi connectivity index (χ2n) is 6.10. The van der Waals surface area contributed by atoms with Gasteiger partial charge in [0.25, 0.3) is 12.0 Å². The molecule has 0 fully saturated rings. The lowest BCUT2D eigenvalue weighted by atomic mass is 10.3. The Bertz CT molecular complexity index is 1380. The maximum Gasteiger partial charge on any atom is 0.349 e. The van der Waals surface area contributed by atoms with Crippen molar-refractivity contribution in [2.75, 3.05) is 6.26 Å². The van der Waals surface area contributed by atoms with Crippen LogP contribution in [-0.2, 0) is 9.84 Å². The average Bonchev–Trinajstić information content (AvgIpc) is 2.64. The van der Waals surface area contributed by atoms with Gasteiger partial charge in [-0.15, -0.1) is 0 Å². The van der Waals surface area contributed by atoms with E-state index in [1.807, 2.05) is 0 Å². The number of H-pyrrole nitrogens is 1. The predicted molar refractivity (Wildman–Crippen MR) is 107 cm³/mol. The molecular weight excluding hydrogens is 483 g/mol. The standard InChI is InChI=1S/C17H11Cl2F2N3O6S/c1-31(28,29)12-6-8(2-3-11(12)25)30-14-9(18)4-7(5-10(14)19)24-17(27)22-16(26)13(23-24)15(20)21/h2-6,15,25H,1H3,(H,22,26,27). The van der Waals surface area contributed by atoms with Crippen molar-refractivity contribution < 1.29 is 27.0 Å². The summed E-state index contributed by atoms with van der Waals surface area (Å²) in [7, 11) is -3.76. The van der Waals surface area contributed by atoms with E-state index in [4.69, 9.17) is 27.9 Å². The van der Waals surface area contributed by atoms with E-state index >= 15 is 0 Å². The molecule has 0 saturated heterocycles. The number of ether oxygens (including phenoxy) is 1. The number of nitrogens with zero attached hydrogens (tertiary/aromatic N) is 2. The van der Waals surface area contributed by atoms with E-state index in [1.54, 1.807) is 4.98 Å². The molecule has 2 N–H and O–H groups in total. The van der Waals surface area contributed by atoms with Crippen LogP contribution in [0.5, 0.6) is 17.2 Å². The molecule has 0 aliphatic carbocycles. The summed E-state index contributed by atoms with van der Waals surface area (Å²) in [6.07, 6.45) is -2.34. The number of nitrogens with one attached hydrogen (secondary N) is 1. The molecule has 0 aliphatic heterocycles. The summed E-state index contributed by atoms with van der Waals surface area (Å²) >= 11 is 12.3. The first-order valence-electron chi connectivity index (χ1n) is 8.10. The molecule has 0 amide bonds. The molecule has 0 saturated carbocycles. The van der Waals surface area contributed by atoms with E-state index in [9.17, 15) is 31.9 Å². The van der Waals surface area contributed by atoms with Gasteiger partial charge >= 0.3 is 5.69 Å². The molecule has 0 bridgehead atoms. The van der Waals surface area contributed by atoms with Gasteiger partial charge in [0.05, 0.1) is 15.7 Å². The van der Waals surface area contributed by atoms with Crippen molar-refractivity contribution in [3.05, 3.63) is 66.9 Å². The molecule has 0 atom stereocenters. The van der Waals surface area contributed by atoms with Crippen LogP contribution in [0.2, 0.25) is 10.0 Å². The highest BCUT2D eigenvalue weighted by molar-refractivity contribution is 7.90. The number of hydrogen-bond acceptors (Lipinski definition) is 7. The zero-order valence-corrected chi connectivity index (χ0v) is 17.6. The van der Waals surface area contributed by atoms with Gasteiger partial charge in [0.1, 0.15) is 16.4 Å². The maximum atomic E-state index is 12.9. The molecule has 14 heteroatoms. The van der Waals surface area contributed by atoms with Crippen LogP contribution in [-0.4, -0.2) is 34.5 Å². The third kappa shape index (κ3) is 4.70. The highest BCUT2D eigenvalue weighted by Gasteiger charge is 2.20. The summed E-state index contributed by atoms with van der Waals surface area (Å²) in [5.74, 6) is -0.668. The van der Waals surface area contributed by atoms with Crippen molar-refractivity contribution in [3.63, 3.8) is 0 Å². The quantitative estimate of drug-likeness (QED) is 0.558. The summed E-state index contributed by atoms with van der Waals surface area (Å²) in [6, 6.07) is 5.63. The van der Waals surface area contributed by atoms with Crippen LogP contribution in [0.1, 0.15) is 12.1 Å². The lowest BCUT2D eigenvalue weighted by molar-refractivity contribution is 0.141. The van der Waals surface area contributed by atoms with E-state index in [0.29, 0.717) is 4.68 Å². The zero-order chi connectivity index (χ0) is 23.1. The van der Waals surface area contributed by atoms with Crippen molar-refractivity contribution in [2.45, 2.75) is 11.3 Å². The average molecular weight is 494 g/mol. The summed E-state index contributed by atoms with van der Waals surface area (Å²) in [5, 5.41) is 12.7. The van der Waals surface area contributed by atoms with Gasteiger partial charge in [0.2, 0.25) is 0 Å². The Hall–Kier alpha value is -2.96. The van der Waals surface area contributed by atoms with Gasteiger partial charge in [0, 0.05) is 12.3 Å². The number of aromatic amines is 1. The fourth-order valence-corrected chi connectivity index (χ4v) is 3.80. The Morgan fingerprint density at radius 1 is 1.16 bits per heavy atom. The van der Waals surface area contributed by atoms with Crippen molar-refractivity contribution in [1.29, 1.82) is 0 Å². The molecular formula is C17H11Cl2F2N3O6S. The van der Waals surface area contributed by atoms with E-state index in [2.05, 4.69) is 5.10 Å². The summed E-state index contributed by atoms with van der Waals surface area (Å²) in [4.78, 5) is 24.7. The fraction of sp³-hybridized carbons (Fsp3) is 0.118. The second kappa shape index (κ2) is 8.29. The molecule has 0 unspecified atom stereocenters. The maximum absolute atomic E-state index is 12.9. The fourth-order valence-electron chi connectivity index (χ4n) is 2.47. The van der Waals surface area contributed by atoms with Crippen LogP contribution in [0, 0.1) is 0 Å². The number of alkyl halides is 2. The van der Waals surface area contributed by atoms with Gasteiger partial charge in [-0.2, -0.15) is 9.78 Å². The van der Waals surface area contributed by atoms with E-state index in [1.165, 1.54) is 6.07 Å². The Morgan fingerprint density at radius 2 is 1.77 bits per heavy atom. The highest BCUT2D eigenvalue weighted by atomic mass is 35.5. The molecule has 164 valence electrons. The molecule has 31 heavy (non-hydrogen) atoms. The van der Waals surface area contributed by atoms with E-state index < -0.39 is 43.9 Å². The first kappa shape index (κ1) is 22.7. The SMILES string of the molecule is CS(=O)(=O)c1cc(Oc2c(Cl)cc(-n3nc(C(F)F)c(=O)[nH]c3=O)cc2Cl)ccc1O. The number of rotatable bonds is 5. The van der Waals surface area contributed by atoms with Crippen LogP contribution in [0.4, 0.5) is 8.78 Å². The summed E-state index contributed by atoms with van der Waals surface area (Å²) < 4.78 is 55.3. The number of phenols is 1. The highest BCUT2D eigenvalue weighted by Crippen LogP contribution is 2.39. The number of sulfone groups is 1. The van der Waals surface area contributed by atoms with Crippen LogP contribution >= 0.6 is 23.2 Å². The minimum absolute atomic E-state index is 0.0332. The molecule has 2 aromatic carbocycles. The van der Waals surface area contributed by atoms with Gasteiger partial charge in [-0.3, -0.25) is 9.78 Å². The van der Waals surface area contributed by atoms with Crippen molar-refractivity contribution in [1.82, 2.24) is 14.8 Å². The number of hydrogen-bond donors (Lipinski definition) is 2. The molecule has 3 rings (SSSR count). The third-order valence-corrected chi connectivity index (χ3v) is 5.53. The van der Waals surface area contributed by atoms with Crippen LogP contribution in [0.25, 0.3) is 5.69 Å². The van der Waals surface area contributed by atoms with E-state index in [-0.39, 0.29) is 27.2 Å². The predicted octanol–water partition coefficient (Wildman–Crippen LogP) is 3.07. The number of phenolic OH excluding ortho intramolecular Hbond substituents is 1. The number of halogens is 4. The van der Waals surface area contributed by atoms with Crippen LogP contribution < -0.4 is 16.0 Å². The molecule has 1 heterocycles. The molecule has 0 aliphatic rings. The Morgan fingerprint density at radius 3 is 2.32 bits per heavy atom.